The second-order valence-electron chi connectivity index (χ2n) is 5.60. The predicted molar refractivity (Wildman–Crippen MR) is 68.4 cm³/mol. The number of guanidine groups is 1. The van der Waals surface area contributed by atoms with E-state index in [2.05, 4.69) is 18.7 Å². The smallest absolute Gasteiger partial charge is 0.191 e. The van der Waals surface area contributed by atoms with E-state index in [9.17, 15) is 0 Å². The van der Waals surface area contributed by atoms with Crippen LogP contribution in [0.25, 0.3) is 0 Å². The fraction of sp³-hybridized carbons (Fsp3) is 0.923. The van der Waals surface area contributed by atoms with Gasteiger partial charge >= 0.3 is 0 Å². The van der Waals surface area contributed by atoms with E-state index in [4.69, 9.17) is 10.7 Å². The average Bonchev–Trinajstić information content (AvgIpc) is 2.70. The van der Waals surface area contributed by atoms with Gasteiger partial charge in [0.05, 0.1) is 6.04 Å². The first-order chi connectivity index (χ1) is 7.66. The molecule has 0 spiro atoms. The topological polar surface area (TPSA) is 41.6 Å². The minimum atomic E-state index is 0.506. The molecule has 1 saturated carbocycles. The zero-order valence-corrected chi connectivity index (χ0v) is 10.7. The Morgan fingerprint density at radius 2 is 1.88 bits per heavy atom. The van der Waals surface area contributed by atoms with Crippen LogP contribution in [0.4, 0.5) is 0 Å². The van der Waals surface area contributed by atoms with Gasteiger partial charge in [-0.3, -0.25) is 0 Å². The van der Waals surface area contributed by atoms with Crippen molar-refractivity contribution in [3.05, 3.63) is 0 Å². The molecule has 2 N–H and O–H groups in total. The van der Waals surface area contributed by atoms with Crippen LogP contribution in [0.1, 0.15) is 52.4 Å². The third-order valence-corrected chi connectivity index (χ3v) is 4.07. The Kier molecular flexibility index (Phi) is 3.72. The van der Waals surface area contributed by atoms with Gasteiger partial charge in [-0.1, -0.05) is 19.8 Å². The lowest BCUT2D eigenvalue weighted by atomic mass is 9.94. The van der Waals surface area contributed by atoms with Crippen LogP contribution in [-0.4, -0.2) is 29.5 Å². The first-order valence-corrected chi connectivity index (χ1v) is 6.76. The molecule has 0 aromatic rings. The summed E-state index contributed by atoms with van der Waals surface area (Å²) < 4.78 is 0. The number of likely N-dealkylation sites (tertiary alicyclic amines) is 1. The van der Waals surface area contributed by atoms with Crippen molar-refractivity contribution < 1.29 is 0 Å². The molecule has 2 aliphatic rings. The SMILES string of the molecule is CC1CCN(C(N)=NC2CCCC2)C(C)C1. The normalized spacial score (nSPS) is 33.4. The summed E-state index contributed by atoms with van der Waals surface area (Å²) in [4.78, 5) is 7.00. The molecule has 0 aromatic heterocycles. The minimum absolute atomic E-state index is 0.506. The van der Waals surface area contributed by atoms with Gasteiger partial charge in [-0.25, -0.2) is 4.99 Å². The fourth-order valence-corrected chi connectivity index (χ4v) is 3.04. The molecule has 0 aromatic carbocycles. The van der Waals surface area contributed by atoms with E-state index in [1.54, 1.807) is 0 Å². The Hall–Kier alpha value is -0.730. The highest BCUT2D eigenvalue weighted by atomic mass is 15.3. The largest absolute Gasteiger partial charge is 0.370 e. The van der Waals surface area contributed by atoms with Crippen LogP contribution in [0.3, 0.4) is 0 Å². The number of rotatable bonds is 1. The molecule has 2 atom stereocenters. The molecule has 2 fully saturated rings. The highest BCUT2D eigenvalue weighted by molar-refractivity contribution is 5.78. The van der Waals surface area contributed by atoms with Crippen molar-refractivity contribution in [1.82, 2.24) is 4.90 Å². The minimum Gasteiger partial charge on any atom is -0.370 e. The van der Waals surface area contributed by atoms with Crippen LogP contribution in [0.15, 0.2) is 4.99 Å². The van der Waals surface area contributed by atoms with Crippen molar-refractivity contribution in [2.75, 3.05) is 6.54 Å². The zero-order valence-electron chi connectivity index (χ0n) is 10.7. The van der Waals surface area contributed by atoms with E-state index in [0.717, 1.165) is 18.4 Å². The Labute approximate surface area is 99.1 Å². The maximum absolute atomic E-state index is 6.14. The molecule has 3 nitrogen and oxygen atoms in total. The van der Waals surface area contributed by atoms with Gasteiger partial charge in [-0.15, -0.1) is 0 Å². The maximum atomic E-state index is 6.14. The number of hydrogen-bond donors (Lipinski definition) is 1. The summed E-state index contributed by atoms with van der Waals surface area (Å²) in [6, 6.07) is 1.07. The van der Waals surface area contributed by atoms with Crippen molar-refractivity contribution in [3.8, 4) is 0 Å². The lowest BCUT2D eigenvalue weighted by Gasteiger charge is -2.37. The third-order valence-electron chi connectivity index (χ3n) is 4.07. The monoisotopic (exact) mass is 223 g/mol. The maximum Gasteiger partial charge on any atom is 0.191 e. The molecule has 1 heterocycles. The van der Waals surface area contributed by atoms with Gasteiger partial charge < -0.3 is 10.6 Å². The molecule has 0 radical (unpaired) electrons. The number of nitrogens with two attached hydrogens (primary N) is 1. The molecule has 0 bridgehead atoms. The molecular weight excluding hydrogens is 198 g/mol. The lowest BCUT2D eigenvalue weighted by molar-refractivity contribution is 0.207. The van der Waals surface area contributed by atoms with E-state index >= 15 is 0 Å². The van der Waals surface area contributed by atoms with Crippen molar-refractivity contribution in [3.63, 3.8) is 0 Å². The summed E-state index contributed by atoms with van der Waals surface area (Å²) in [5.41, 5.74) is 6.14. The summed E-state index contributed by atoms with van der Waals surface area (Å²) in [5, 5.41) is 0. The first-order valence-electron chi connectivity index (χ1n) is 6.76. The summed E-state index contributed by atoms with van der Waals surface area (Å²) in [6.45, 7) is 5.69. The second kappa shape index (κ2) is 5.07. The van der Waals surface area contributed by atoms with E-state index < -0.39 is 0 Å². The number of aliphatic imine (C=N–C) groups is 1. The summed E-state index contributed by atoms with van der Waals surface area (Å²) in [6.07, 6.45) is 7.63. The first kappa shape index (κ1) is 11.7. The Morgan fingerprint density at radius 1 is 1.19 bits per heavy atom. The standard InChI is InChI=1S/C13H25N3/c1-10-7-8-16(11(2)9-10)13(14)15-12-5-3-4-6-12/h10-12H,3-9H2,1-2H3,(H2,14,15). The van der Waals surface area contributed by atoms with Crippen LogP contribution in [0.2, 0.25) is 0 Å². The molecule has 0 amide bonds. The van der Waals surface area contributed by atoms with Gasteiger partial charge in [0.1, 0.15) is 0 Å². The van der Waals surface area contributed by atoms with Gasteiger partial charge in [0, 0.05) is 12.6 Å². The van der Waals surface area contributed by atoms with Crippen LogP contribution in [0.5, 0.6) is 0 Å². The van der Waals surface area contributed by atoms with E-state index in [-0.39, 0.29) is 0 Å². The molecule has 1 saturated heterocycles. The molecule has 2 unspecified atom stereocenters. The summed E-state index contributed by atoms with van der Waals surface area (Å²) in [7, 11) is 0. The van der Waals surface area contributed by atoms with Gasteiger partial charge in [0.25, 0.3) is 0 Å². The Balaban J connectivity index is 1.95. The highest BCUT2D eigenvalue weighted by Gasteiger charge is 2.25. The second-order valence-corrected chi connectivity index (χ2v) is 5.60. The summed E-state index contributed by atoms with van der Waals surface area (Å²) in [5.74, 6) is 1.64. The third kappa shape index (κ3) is 2.69. The van der Waals surface area contributed by atoms with Crippen molar-refractivity contribution >= 4 is 5.96 Å². The van der Waals surface area contributed by atoms with Gasteiger partial charge in [-0.05, 0) is 38.5 Å². The molecule has 1 aliphatic carbocycles. The van der Waals surface area contributed by atoms with E-state index in [1.165, 1.54) is 38.5 Å². The van der Waals surface area contributed by atoms with Gasteiger partial charge in [-0.2, -0.15) is 0 Å². The van der Waals surface area contributed by atoms with Crippen molar-refractivity contribution in [2.24, 2.45) is 16.6 Å². The zero-order chi connectivity index (χ0) is 11.5. The van der Waals surface area contributed by atoms with Crippen LogP contribution in [-0.2, 0) is 0 Å². The highest BCUT2D eigenvalue weighted by Crippen LogP contribution is 2.24. The summed E-state index contributed by atoms with van der Waals surface area (Å²) >= 11 is 0. The lowest BCUT2D eigenvalue weighted by Crippen LogP contribution is -2.48. The number of hydrogen-bond acceptors (Lipinski definition) is 1. The van der Waals surface area contributed by atoms with Gasteiger partial charge in [0.15, 0.2) is 5.96 Å². The van der Waals surface area contributed by atoms with Crippen LogP contribution >= 0.6 is 0 Å². The van der Waals surface area contributed by atoms with Crippen molar-refractivity contribution in [2.45, 2.75) is 64.5 Å². The molecule has 2 rings (SSSR count). The molecule has 1 aliphatic heterocycles. The quantitative estimate of drug-likeness (QED) is 0.548. The Morgan fingerprint density at radius 3 is 2.50 bits per heavy atom. The number of piperidine rings is 1. The molecular formula is C13H25N3. The van der Waals surface area contributed by atoms with Crippen LogP contribution < -0.4 is 5.73 Å². The number of nitrogens with zero attached hydrogens (tertiary/aromatic N) is 2. The van der Waals surface area contributed by atoms with E-state index in [0.29, 0.717) is 12.1 Å². The average molecular weight is 223 g/mol. The predicted octanol–water partition coefficient (Wildman–Crippen LogP) is 2.36. The van der Waals surface area contributed by atoms with Crippen molar-refractivity contribution in [1.29, 1.82) is 0 Å². The molecule has 3 heteroatoms. The Bertz CT molecular complexity index is 256. The van der Waals surface area contributed by atoms with Gasteiger partial charge in [0.2, 0.25) is 0 Å². The van der Waals surface area contributed by atoms with Crippen LogP contribution in [0, 0.1) is 5.92 Å². The fourth-order valence-electron chi connectivity index (χ4n) is 3.04. The van der Waals surface area contributed by atoms with E-state index in [1.807, 2.05) is 0 Å². The molecule has 92 valence electrons. The molecule has 16 heavy (non-hydrogen) atoms.